The van der Waals surface area contributed by atoms with Crippen molar-refractivity contribution in [1.29, 1.82) is 0 Å². The maximum Gasteiger partial charge on any atom is 0.286 e. The van der Waals surface area contributed by atoms with Gasteiger partial charge >= 0.3 is 0 Å². The fourth-order valence-electron chi connectivity index (χ4n) is 3.38. The van der Waals surface area contributed by atoms with Crippen molar-refractivity contribution in [1.82, 2.24) is 10.2 Å². The second-order valence-electron chi connectivity index (χ2n) is 7.63. The molecule has 0 saturated carbocycles. The molecule has 0 aliphatic carbocycles. The molecule has 1 aromatic heterocycles. The molecule has 0 unspecified atom stereocenters. The maximum atomic E-state index is 13.6. The van der Waals surface area contributed by atoms with Crippen LogP contribution in [0.15, 0.2) is 65.1 Å². The van der Waals surface area contributed by atoms with Crippen molar-refractivity contribution in [2.45, 2.75) is 45.8 Å². The van der Waals surface area contributed by atoms with Crippen molar-refractivity contribution in [2.75, 3.05) is 6.54 Å². The van der Waals surface area contributed by atoms with E-state index >= 15 is 0 Å². The van der Waals surface area contributed by atoms with Gasteiger partial charge in [-0.1, -0.05) is 44.0 Å². The van der Waals surface area contributed by atoms with Gasteiger partial charge in [-0.3, -0.25) is 9.69 Å². The lowest BCUT2D eigenvalue weighted by atomic mass is 10.1. The molecular weight excluding hydrogens is 398 g/mol. The lowest BCUT2D eigenvalue weighted by Crippen LogP contribution is -2.24. The summed E-state index contributed by atoms with van der Waals surface area (Å²) in [5, 5.41) is 2.87. The predicted molar refractivity (Wildman–Crippen MR) is 116 cm³/mol. The Morgan fingerprint density at radius 1 is 0.903 bits per heavy atom. The zero-order valence-corrected chi connectivity index (χ0v) is 17.7. The van der Waals surface area contributed by atoms with Crippen LogP contribution >= 0.6 is 0 Å². The van der Waals surface area contributed by atoms with Crippen molar-refractivity contribution in [3.05, 3.63) is 94.9 Å². The van der Waals surface area contributed by atoms with Crippen LogP contribution < -0.4 is 5.32 Å². The van der Waals surface area contributed by atoms with Gasteiger partial charge in [-0.2, -0.15) is 0 Å². The van der Waals surface area contributed by atoms with Crippen LogP contribution in [0.2, 0.25) is 0 Å². The lowest BCUT2D eigenvalue weighted by Gasteiger charge is -2.21. The van der Waals surface area contributed by atoms with E-state index in [0.717, 1.165) is 30.4 Å². The molecule has 3 rings (SSSR count). The maximum absolute atomic E-state index is 13.6. The number of nitrogens with zero attached hydrogens (tertiary/aromatic N) is 1. The normalized spacial score (nSPS) is 11.1. The van der Waals surface area contributed by atoms with Crippen molar-refractivity contribution < 1.29 is 18.0 Å². The Morgan fingerprint density at radius 2 is 1.68 bits per heavy atom. The standard InChI is InChI=1S/C25H28F2N2O2/c1-2-3-4-14-28-25(30)24-13-12-23(31-24)18-29(16-19-8-10-21(26)11-9-19)17-20-6-5-7-22(27)15-20/h5-13,15H,2-4,14,16-18H2,1H3,(H,28,30). The van der Waals surface area contributed by atoms with Crippen LogP contribution in [0, 0.1) is 11.6 Å². The van der Waals surface area contributed by atoms with Gasteiger partial charge in [-0.25, -0.2) is 8.78 Å². The SMILES string of the molecule is CCCCCNC(=O)c1ccc(CN(Cc2ccc(F)cc2)Cc2cccc(F)c2)o1. The van der Waals surface area contributed by atoms with E-state index in [4.69, 9.17) is 4.42 Å². The van der Waals surface area contributed by atoms with Gasteiger partial charge in [0, 0.05) is 19.6 Å². The van der Waals surface area contributed by atoms with Crippen LogP contribution in [0.4, 0.5) is 8.78 Å². The first kappa shape index (κ1) is 22.7. The third-order valence-corrected chi connectivity index (χ3v) is 4.95. The minimum atomic E-state index is -0.292. The molecule has 0 radical (unpaired) electrons. The van der Waals surface area contributed by atoms with Gasteiger partial charge in [0.15, 0.2) is 5.76 Å². The lowest BCUT2D eigenvalue weighted by molar-refractivity contribution is 0.0920. The summed E-state index contributed by atoms with van der Waals surface area (Å²) in [5.74, 6) is 0.106. The number of halogens is 2. The first-order valence-electron chi connectivity index (χ1n) is 10.6. The third-order valence-electron chi connectivity index (χ3n) is 4.95. The highest BCUT2D eigenvalue weighted by molar-refractivity contribution is 5.91. The molecule has 0 aliphatic rings. The summed E-state index contributed by atoms with van der Waals surface area (Å²) in [4.78, 5) is 14.3. The number of furan rings is 1. The van der Waals surface area contributed by atoms with E-state index in [9.17, 15) is 13.6 Å². The van der Waals surface area contributed by atoms with Crippen LogP contribution in [0.25, 0.3) is 0 Å². The van der Waals surface area contributed by atoms with Crippen LogP contribution in [0.1, 0.15) is 53.6 Å². The van der Waals surface area contributed by atoms with E-state index in [-0.39, 0.29) is 23.3 Å². The van der Waals surface area contributed by atoms with Crippen LogP contribution in [-0.2, 0) is 19.6 Å². The first-order chi connectivity index (χ1) is 15.0. The minimum absolute atomic E-state index is 0.224. The molecular formula is C25H28F2N2O2. The Morgan fingerprint density at radius 3 is 2.42 bits per heavy atom. The molecule has 0 fully saturated rings. The number of carbonyl (C=O) groups is 1. The molecule has 0 bridgehead atoms. The number of nitrogens with one attached hydrogen (secondary N) is 1. The fourth-order valence-corrected chi connectivity index (χ4v) is 3.38. The van der Waals surface area contributed by atoms with Crippen LogP contribution in [0.3, 0.4) is 0 Å². The quantitative estimate of drug-likeness (QED) is 0.401. The van der Waals surface area contributed by atoms with Gasteiger partial charge in [-0.15, -0.1) is 0 Å². The molecule has 0 saturated heterocycles. The molecule has 2 aromatic carbocycles. The molecule has 3 aromatic rings. The van der Waals surface area contributed by atoms with E-state index in [0.29, 0.717) is 31.9 Å². The average molecular weight is 427 g/mol. The summed E-state index contributed by atoms with van der Waals surface area (Å²) >= 11 is 0. The Balaban J connectivity index is 1.68. The smallest absolute Gasteiger partial charge is 0.286 e. The molecule has 0 atom stereocenters. The van der Waals surface area contributed by atoms with E-state index < -0.39 is 0 Å². The monoisotopic (exact) mass is 426 g/mol. The zero-order valence-electron chi connectivity index (χ0n) is 17.7. The topological polar surface area (TPSA) is 45.5 Å². The number of amides is 1. The number of benzene rings is 2. The average Bonchev–Trinajstić information content (AvgIpc) is 3.21. The van der Waals surface area contributed by atoms with Crippen molar-refractivity contribution >= 4 is 5.91 Å². The molecule has 1 heterocycles. The number of unbranched alkanes of at least 4 members (excludes halogenated alkanes) is 2. The zero-order chi connectivity index (χ0) is 22.1. The summed E-state index contributed by atoms with van der Waals surface area (Å²) in [6.07, 6.45) is 3.10. The summed E-state index contributed by atoms with van der Waals surface area (Å²) in [5.41, 5.74) is 1.75. The van der Waals surface area contributed by atoms with Gasteiger partial charge in [0.2, 0.25) is 0 Å². The molecule has 6 heteroatoms. The number of rotatable bonds is 11. The second kappa shape index (κ2) is 11.4. The molecule has 0 aliphatic heterocycles. The Bertz CT molecular complexity index is 970. The molecule has 1 N–H and O–H groups in total. The Labute approximate surface area is 181 Å². The highest BCUT2D eigenvalue weighted by atomic mass is 19.1. The molecule has 164 valence electrons. The largest absolute Gasteiger partial charge is 0.455 e. The van der Waals surface area contributed by atoms with Crippen molar-refractivity contribution in [3.63, 3.8) is 0 Å². The van der Waals surface area contributed by atoms with Gasteiger partial charge in [0.1, 0.15) is 17.4 Å². The molecule has 31 heavy (non-hydrogen) atoms. The fraction of sp³-hybridized carbons (Fsp3) is 0.320. The third kappa shape index (κ3) is 7.33. The molecule has 4 nitrogen and oxygen atoms in total. The van der Waals surface area contributed by atoms with E-state index in [1.54, 1.807) is 30.3 Å². The highest BCUT2D eigenvalue weighted by Gasteiger charge is 2.15. The summed E-state index contributed by atoms with van der Waals surface area (Å²) in [6.45, 7) is 4.17. The van der Waals surface area contributed by atoms with E-state index in [1.807, 2.05) is 6.07 Å². The minimum Gasteiger partial charge on any atom is -0.455 e. The number of carbonyl (C=O) groups excluding carboxylic acids is 1. The molecule has 0 spiro atoms. The van der Waals surface area contributed by atoms with Gasteiger partial charge in [-0.05, 0) is 53.9 Å². The highest BCUT2D eigenvalue weighted by Crippen LogP contribution is 2.17. The van der Waals surface area contributed by atoms with Crippen molar-refractivity contribution in [3.8, 4) is 0 Å². The van der Waals surface area contributed by atoms with E-state index in [2.05, 4.69) is 17.1 Å². The van der Waals surface area contributed by atoms with Gasteiger partial charge in [0.25, 0.3) is 5.91 Å². The van der Waals surface area contributed by atoms with Crippen LogP contribution in [0.5, 0.6) is 0 Å². The summed E-state index contributed by atoms with van der Waals surface area (Å²) < 4.78 is 32.7. The number of hydrogen-bond acceptors (Lipinski definition) is 3. The summed E-state index contributed by atoms with van der Waals surface area (Å²) in [7, 11) is 0. The van der Waals surface area contributed by atoms with Gasteiger partial charge in [0.05, 0.1) is 6.54 Å². The van der Waals surface area contributed by atoms with E-state index in [1.165, 1.54) is 24.3 Å². The van der Waals surface area contributed by atoms with Crippen LogP contribution in [-0.4, -0.2) is 17.4 Å². The molecule has 1 amide bonds. The first-order valence-corrected chi connectivity index (χ1v) is 10.6. The Kier molecular flexibility index (Phi) is 8.35. The van der Waals surface area contributed by atoms with Gasteiger partial charge < -0.3 is 9.73 Å². The predicted octanol–water partition coefficient (Wildman–Crippen LogP) is 5.68. The van der Waals surface area contributed by atoms with Crippen molar-refractivity contribution in [2.24, 2.45) is 0 Å². The number of hydrogen-bond donors (Lipinski definition) is 1. The summed E-state index contributed by atoms with van der Waals surface area (Å²) in [6, 6.07) is 16.2. The second-order valence-corrected chi connectivity index (χ2v) is 7.63. The Hall–Kier alpha value is -2.99.